The van der Waals surface area contributed by atoms with Crippen molar-refractivity contribution in [3.8, 4) is 11.8 Å². The van der Waals surface area contributed by atoms with Gasteiger partial charge in [0.05, 0.1) is 5.75 Å². The van der Waals surface area contributed by atoms with Crippen LogP contribution in [0.25, 0.3) is 0 Å². The molecule has 0 spiro atoms. The summed E-state index contributed by atoms with van der Waals surface area (Å²) >= 11 is 13.1. The lowest BCUT2D eigenvalue weighted by atomic mass is 10.2. The molecule has 1 aromatic carbocycles. The maximum absolute atomic E-state index is 5.76. The molecule has 0 saturated heterocycles. The Kier molecular flexibility index (Phi) is 4.00. The first-order valence-corrected chi connectivity index (χ1v) is 5.09. The van der Waals surface area contributed by atoms with Crippen LogP contribution in [0.4, 0.5) is 0 Å². The van der Waals surface area contributed by atoms with Gasteiger partial charge in [0.25, 0.3) is 0 Å². The largest absolute Gasteiger partial charge is 0.166 e. The first kappa shape index (κ1) is 9.98. The van der Waals surface area contributed by atoms with E-state index in [1.807, 2.05) is 18.2 Å². The van der Waals surface area contributed by atoms with Crippen molar-refractivity contribution in [2.24, 2.45) is 0 Å². The van der Waals surface area contributed by atoms with Gasteiger partial charge in [-0.1, -0.05) is 23.4 Å². The average Bonchev–Trinajstić information content (AvgIpc) is 2.03. The van der Waals surface area contributed by atoms with E-state index in [1.54, 1.807) is 0 Å². The molecule has 0 aromatic heterocycles. The third-order valence-corrected chi connectivity index (χ3v) is 2.28. The standard InChI is InChI=1S/C9H6BrClS/c10-9-6-8(11)4-3-7(9)2-1-5-12/h3-4,6,12H,5H2. The molecule has 0 heterocycles. The highest BCUT2D eigenvalue weighted by molar-refractivity contribution is 9.10. The number of hydrogen-bond donors (Lipinski definition) is 1. The second kappa shape index (κ2) is 4.81. The summed E-state index contributed by atoms with van der Waals surface area (Å²) in [5.41, 5.74) is 0.938. The van der Waals surface area contributed by atoms with Gasteiger partial charge in [-0.25, -0.2) is 0 Å². The highest BCUT2D eigenvalue weighted by Crippen LogP contribution is 2.20. The Labute approximate surface area is 90.9 Å². The number of halogens is 2. The first-order chi connectivity index (χ1) is 5.74. The quantitative estimate of drug-likeness (QED) is 0.537. The van der Waals surface area contributed by atoms with Gasteiger partial charge in [0.2, 0.25) is 0 Å². The van der Waals surface area contributed by atoms with Crippen LogP contribution in [0.5, 0.6) is 0 Å². The van der Waals surface area contributed by atoms with Crippen molar-refractivity contribution in [2.45, 2.75) is 0 Å². The van der Waals surface area contributed by atoms with Crippen molar-refractivity contribution in [1.29, 1.82) is 0 Å². The number of benzene rings is 1. The van der Waals surface area contributed by atoms with Gasteiger partial charge in [-0.2, -0.15) is 12.6 Å². The second-order valence-corrected chi connectivity index (χ2v) is 3.69. The van der Waals surface area contributed by atoms with Crippen molar-refractivity contribution in [2.75, 3.05) is 5.75 Å². The molecule has 0 fully saturated rings. The Morgan fingerprint density at radius 2 is 2.25 bits per heavy atom. The summed E-state index contributed by atoms with van der Waals surface area (Å²) in [5.74, 6) is 6.39. The Hall–Kier alpha value is -0.100. The smallest absolute Gasteiger partial charge is 0.0521 e. The van der Waals surface area contributed by atoms with Gasteiger partial charge < -0.3 is 0 Å². The van der Waals surface area contributed by atoms with E-state index in [0.29, 0.717) is 10.8 Å². The van der Waals surface area contributed by atoms with Crippen LogP contribution in [-0.4, -0.2) is 5.75 Å². The summed E-state index contributed by atoms with van der Waals surface area (Å²) in [7, 11) is 0. The zero-order valence-corrected chi connectivity index (χ0v) is 9.38. The van der Waals surface area contributed by atoms with Gasteiger partial charge in [0.15, 0.2) is 0 Å². The molecule has 0 radical (unpaired) electrons. The molecule has 0 N–H and O–H groups in total. The molecule has 0 aliphatic rings. The molecule has 0 saturated carbocycles. The van der Waals surface area contributed by atoms with Crippen molar-refractivity contribution < 1.29 is 0 Å². The predicted molar refractivity (Wildman–Crippen MR) is 59.9 cm³/mol. The Bertz CT molecular complexity index is 338. The van der Waals surface area contributed by atoms with Crippen LogP contribution in [0.1, 0.15) is 5.56 Å². The minimum Gasteiger partial charge on any atom is -0.166 e. The number of hydrogen-bond acceptors (Lipinski definition) is 1. The van der Waals surface area contributed by atoms with Gasteiger partial charge in [-0.15, -0.1) is 0 Å². The molecule has 1 rings (SSSR count). The third kappa shape index (κ3) is 2.75. The van der Waals surface area contributed by atoms with Gasteiger partial charge >= 0.3 is 0 Å². The molecule has 12 heavy (non-hydrogen) atoms. The van der Waals surface area contributed by atoms with Crippen LogP contribution in [0, 0.1) is 11.8 Å². The van der Waals surface area contributed by atoms with E-state index in [0.717, 1.165) is 10.0 Å². The summed E-state index contributed by atoms with van der Waals surface area (Å²) in [6, 6.07) is 5.52. The summed E-state index contributed by atoms with van der Waals surface area (Å²) in [6.07, 6.45) is 0. The van der Waals surface area contributed by atoms with Crippen molar-refractivity contribution in [3.05, 3.63) is 33.3 Å². The lowest BCUT2D eigenvalue weighted by Crippen LogP contribution is -1.77. The van der Waals surface area contributed by atoms with Crippen LogP contribution < -0.4 is 0 Å². The van der Waals surface area contributed by atoms with Crippen LogP contribution in [0.3, 0.4) is 0 Å². The van der Waals surface area contributed by atoms with Crippen molar-refractivity contribution in [1.82, 2.24) is 0 Å². The third-order valence-electron chi connectivity index (χ3n) is 1.23. The minimum absolute atomic E-state index is 0.565. The maximum Gasteiger partial charge on any atom is 0.0521 e. The summed E-state index contributed by atoms with van der Waals surface area (Å²) in [5, 5.41) is 0.707. The van der Waals surface area contributed by atoms with E-state index in [1.165, 1.54) is 0 Å². The minimum atomic E-state index is 0.565. The average molecular weight is 262 g/mol. The molecule has 0 aliphatic heterocycles. The summed E-state index contributed by atoms with van der Waals surface area (Å²) < 4.78 is 0.921. The fraction of sp³-hybridized carbons (Fsp3) is 0.111. The molecule has 3 heteroatoms. The number of thiol groups is 1. The van der Waals surface area contributed by atoms with Crippen LogP contribution in [0.15, 0.2) is 22.7 Å². The lowest BCUT2D eigenvalue weighted by molar-refractivity contribution is 1.59. The highest BCUT2D eigenvalue weighted by Gasteiger charge is 1.95. The molecule has 62 valence electrons. The molecule has 0 unspecified atom stereocenters. The molecule has 0 aliphatic carbocycles. The van der Waals surface area contributed by atoms with E-state index in [-0.39, 0.29) is 0 Å². The maximum atomic E-state index is 5.76. The van der Waals surface area contributed by atoms with Gasteiger partial charge in [-0.3, -0.25) is 0 Å². The summed E-state index contributed by atoms with van der Waals surface area (Å²) in [6.45, 7) is 0. The normalized spacial score (nSPS) is 8.92. The van der Waals surface area contributed by atoms with E-state index >= 15 is 0 Å². The second-order valence-electron chi connectivity index (χ2n) is 2.08. The Morgan fingerprint density at radius 1 is 1.50 bits per heavy atom. The molecular formula is C9H6BrClS. The van der Waals surface area contributed by atoms with Gasteiger partial charge in [-0.05, 0) is 34.1 Å². The van der Waals surface area contributed by atoms with E-state index < -0.39 is 0 Å². The summed E-state index contributed by atoms with van der Waals surface area (Å²) in [4.78, 5) is 0. The van der Waals surface area contributed by atoms with E-state index in [9.17, 15) is 0 Å². The van der Waals surface area contributed by atoms with E-state index in [4.69, 9.17) is 11.6 Å². The highest BCUT2D eigenvalue weighted by atomic mass is 79.9. The Morgan fingerprint density at radius 3 is 2.83 bits per heavy atom. The molecule has 0 nitrogen and oxygen atoms in total. The molecule has 0 bridgehead atoms. The fourth-order valence-corrected chi connectivity index (χ4v) is 1.59. The topological polar surface area (TPSA) is 0 Å². The first-order valence-electron chi connectivity index (χ1n) is 3.29. The van der Waals surface area contributed by atoms with E-state index in [2.05, 4.69) is 40.4 Å². The monoisotopic (exact) mass is 260 g/mol. The Balaban J connectivity index is 3.01. The fourth-order valence-electron chi connectivity index (χ4n) is 0.726. The molecule has 1 aromatic rings. The SMILES string of the molecule is SCC#Cc1ccc(Cl)cc1Br. The lowest BCUT2D eigenvalue weighted by Gasteiger charge is -1.95. The predicted octanol–water partition coefficient (Wildman–Crippen LogP) is 3.38. The van der Waals surface area contributed by atoms with Gasteiger partial charge in [0, 0.05) is 15.1 Å². The zero-order valence-electron chi connectivity index (χ0n) is 6.14. The molecule has 0 atom stereocenters. The van der Waals surface area contributed by atoms with Crippen molar-refractivity contribution in [3.63, 3.8) is 0 Å². The molecule has 0 amide bonds. The zero-order chi connectivity index (χ0) is 8.97. The molecular weight excluding hydrogens is 256 g/mol. The van der Waals surface area contributed by atoms with Gasteiger partial charge in [0.1, 0.15) is 0 Å². The van der Waals surface area contributed by atoms with Crippen LogP contribution in [-0.2, 0) is 0 Å². The number of rotatable bonds is 0. The van der Waals surface area contributed by atoms with Crippen LogP contribution in [0.2, 0.25) is 5.02 Å². The van der Waals surface area contributed by atoms with Crippen molar-refractivity contribution >= 4 is 40.2 Å². The van der Waals surface area contributed by atoms with Crippen LogP contribution >= 0.6 is 40.2 Å².